The molecular formula is C26H27ClF2N8O. The van der Waals surface area contributed by atoms with E-state index >= 15 is 0 Å². The van der Waals surface area contributed by atoms with Crippen LogP contribution in [0.3, 0.4) is 0 Å². The summed E-state index contributed by atoms with van der Waals surface area (Å²) in [5, 5.41) is 25.8. The number of oxazole rings is 1. The number of aryl methyl sites for hydroxylation is 1. The van der Waals surface area contributed by atoms with Gasteiger partial charge in [0.05, 0.1) is 33.7 Å². The summed E-state index contributed by atoms with van der Waals surface area (Å²) in [7, 11) is 0. The second-order valence-electron chi connectivity index (χ2n) is 10.8. The van der Waals surface area contributed by atoms with Crippen LogP contribution in [0, 0.1) is 23.7 Å². The van der Waals surface area contributed by atoms with Crippen LogP contribution in [0.2, 0.25) is 5.02 Å². The van der Waals surface area contributed by atoms with Gasteiger partial charge in [-0.05, 0) is 37.3 Å². The van der Waals surface area contributed by atoms with Gasteiger partial charge in [0.2, 0.25) is 0 Å². The zero-order chi connectivity index (χ0) is 27.2. The fraction of sp³-hybridized carbons (Fsp3) is 0.423. The van der Waals surface area contributed by atoms with E-state index in [9.17, 15) is 14.0 Å². The second kappa shape index (κ2) is 9.51. The number of pyridine rings is 1. The molecule has 1 aromatic carbocycles. The Kier molecular flexibility index (Phi) is 6.47. The van der Waals surface area contributed by atoms with Gasteiger partial charge in [-0.3, -0.25) is 4.98 Å². The van der Waals surface area contributed by atoms with Crippen molar-refractivity contribution in [3.8, 4) is 6.07 Å². The number of hydrogen-bond acceptors (Lipinski definition) is 8. The molecule has 0 spiro atoms. The summed E-state index contributed by atoms with van der Waals surface area (Å²) in [4.78, 5) is 8.59. The van der Waals surface area contributed by atoms with Gasteiger partial charge in [0.15, 0.2) is 12.2 Å². The van der Waals surface area contributed by atoms with Crippen LogP contribution < -0.4 is 10.6 Å². The minimum Gasteiger partial charge on any atom is -0.446 e. The van der Waals surface area contributed by atoms with Gasteiger partial charge in [-0.25, -0.2) is 18.4 Å². The van der Waals surface area contributed by atoms with Crippen molar-refractivity contribution < 1.29 is 13.2 Å². The first-order chi connectivity index (χ1) is 18.0. The average molecular weight is 541 g/mol. The number of halogens is 3. The van der Waals surface area contributed by atoms with Crippen molar-refractivity contribution >= 4 is 33.9 Å². The zero-order valence-corrected chi connectivity index (χ0v) is 22.1. The molecule has 12 heteroatoms. The Balaban J connectivity index is 1.57. The third kappa shape index (κ3) is 4.76. The molecule has 3 heterocycles. The molecule has 0 amide bonds. The molecule has 0 radical (unpaired) electrons. The number of nitrogens with one attached hydrogen (secondary N) is 2. The summed E-state index contributed by atoms with van der Waals surface area (Å²) >= 11 is 6.65. The van der Waals surface area contributed by atoms with Crippen LogP contribution in [0.15, 0.2) is 35.3 Å². The van der Waals surface area contributed by atoms with Gasteiger partial charge >= 0.3 is 0 Å². The number of alkyl halides is 2. The second-order valence-corrected chi connectivity index (χ2v) is 11.2. The van der Waals surface area contributed by atoms with Crippen LogP contribution in [0.1, 0.15) is 62.4 Å². The van der Waals surface area contributed by atoms with Gasteiger partial charge in [-0.1, -0.05) is 37.6 Å². The van der Waals surface area contributed by atoms with Crippen molar-refractivity contribution in [1.82, 2.24) is 25.0 Å². The maximum absolute atomic E-state index is 13.7. The number of anilines is 2. The summed E-state index contributed by atoms with van der Waals surface area (Å²) in [6.07, 6.45) is 2.47. The normalized spacial score (nSPS) is 15.4. The molecule has 0 aliphatic heterocycles. The number of hydrogen-bond donors (Lipinski definition) is 2. The fourth-order valence-corrected chi connectivity index (χ4v) is 4.57. The molecule has 1 atom stereocenters. The Morgan fingerprint density at radius 3 is 2.63 bits per heavy atom. The van der Waals surface area contributed by atoms with E-state index in [4.69, 9.17) is 16.0 Å². The molecular weight excluding hydrogens is 514 g/mol. The summed E-state index contributed by atoms with van der Waals surface area (Å²) in [5.74, 6) is 0.463. The lowest BCUT2D eigenvalue weighted by atomic mass is 9.96. The quantitative estimate of drug-likeness (QED) is 0.277. The van der Waals surface area contributed by atoms with Crippen LogP contribution in [-0.2, 0) is 5.54 Å². The fourth-order valence-electron chi connectivity index (χ4n) is 4.30. The number of nitriles is 1. The van der Waals surface area contributed by atoms with E-state index in [1.807, 2.05) is 6.07 Å². The molecule has 1 fully saturated rings. The van der Waals surface area contributed by atoms with Gasteiger partial charge in [0, 0.05) is 23.8 Å². The van der Waals surface area contributed by atoms with Crippen LogP contribution >= 0.6 is 11.6 Å². The van der Waals surface area contributed by atoms with Crippen molar-refractivity contribution in [1.29, 1.82) is 5.26 Å². The minimum atomic E-state index is -2.55. The third-order valence-corrected chi connectivity index (χ3v) is 6.92. The molecule has 3 aromatic heterocycles. The minimum absolute atomic E-state index is 0.0418. The van der Waals surface area contributed by atoms with Gasteiger partial charge in [0.1, 0.15) is 23.3 Å². The van der Waals surface area contributed by atoms with Crippen molar-refractivity contribution in [2.24, 2.45) is 5.41 Å². The Labute approximate surface area is 223 Å². The largest absolute Gasteiger partial charge is 0.446 e. The number of rotatable bonds is 8. The third-order valence-electron chi connectivity index (χ3n) is 6.63. The number of benzene rings is 1. The van der Waals surface area contributed by atoms with E-state index in [2.05, 4.69) is 57.8 Å². The number of nitrogens with zero attached hydrogens (tertiary/aromatic N) is 6. The molecule has 0 bridgehead atoms. The maximum atomic E-state index is 13.7. The maximum Gasteiger partial charge on any atom is 0.263 e. The van der Waals surface area contributed by atoms with Gasteiger partial charge in [-0.2, -0.15) is 5.26 Å². The predicted octanol–water partition coefficient (Wildman–Crippen LogP) is 6.06. The van der Waals surface area contributed by atoms with Crippen LogP contribution in [0.5, 0.6) is 0 Å². The lowest BCUT2D eigenvalue weighted by Gasteiger charge is -2.22. The van der Waals surface area contributed by atoms with Crippen molar-refractivity contribution in [3.05, 3.63) is 58.7 Å². The number of aromatic nitrogens is 5. The van der Waals surface area contributed by atoms with Crippen molar-refractivity contribution in [2.75, 3.05) is 17.2 Å². The highest BCUT2D eigenvalue weighted by Crippen LogP contribution is 2.48. The average Bonchev–Trinajstić information content (AvgIpc) is 3.33. The molecule has 4 aromatic rings. The standard InChI is InChI=1S/C26H27ClF2N8O/c1-14-23(38-13-33-14)22(19-11-37(36-35-19)26(5-6-26)24(28)29)34-16-7-17-20(32-12-25(2,3)4)15(9-30)10-31-21(17)18(27)8-16/h7-8,10-11,13,22,24,34H,5-6,12H2,1-4H3,(H,31,32)/t22-/m1/s1. The molecule has 1 aliphatic carbocycles. The summed E-state index contributed by atoms with van der Waals surface area (Å²) < 4.78 is 34.3. The first-order valence-electron chi connectivity index (χ1n) is 12.2. The topological polar surface area (TPSA) is 117 Å². The molecule has 5 rings (SSSR count). The highest BCUT2D eigenvalue weighted by Gasteiger charge is 2.54. The van der Waals surface area contributed by atoms with E-state index < -0.39 is 18.0 Å². The molecule has 1 aliphatic rings. The predicted molar refractivity (Wildman–Crippen MR) is 139 cm³/mol. The first kappa shape index (κ1) is 25.9. The Morgan fingerprint density at radius 1 is 1.26 bits per heavy atom. The summed E-state index contributed by atoms with van der Waals surface area (Å²) in [6, 6.07) is 5.06. The Morgan fingerprint density at radius 2 is 2.03 bits per heavy atom. The van der Waals surface area contributed by atoms with Crippen LogP contribution in [-0.4, -0.2) is 37.9 Å². The zero-order valence-electron chi connectivity index (χ0n) is 21.4. The van der Waals surface area contributed by atoms with Gasteiger partial charge in [-0.15, -0.1) is 5.10 Å². The SMILES string of the molecule is Cc1ncoc1[C@H](Nc1cc(Cl)c2ncc(C#N)c(NCC(C)(C)C)c2c1)c1cn(C2(C(F)F)CC2)nn1. The highest BCUT2D eigenvalue weighted by atomic mass is 35.5. The van der Waals surface area contributed by atoms with E-state index in [-0.39, 0.29) is 5.41 Å². The molecule has 198 valence electrons. The van der Waals surface area contributed by atoms with Crippen LogP contribution in [0.4, 0.5) is 20.2 Å². The van der Waals surface area contributed by atoms with E-state index in [0.29, 0.717) is 69.4 Å². The highest BCUT2D eigenvalue weighted by molar-refractivity contribution is 6.35. The molecule has 0 unspecified atom stereocenters. The van der Waals surface area contributed by atoms with Crippen LogP contribution in [0.25, 0.3) is 10.9 Å². The summed E-state index contributed by atoms with van der Waals surface area (Å²) in [5.41, 5.74) is 1.79. The van der Waals surface area contributed by atoms with Gasteiger partial charge < -0.3 is 15.1 Å². The Hall–Kier alpha value is -3.78. The van der Waals surface area contributed by atoms with Crippen molar-refractivity contribution in [2.45, 2.75) is 58.5 Å². The summed E-state index contributed by atoms with van der Waals surface area (Å²) in [6.45, 7) is 8.67. The molecule has 2 N–H and O–H groups in total. The number of fused-ring (bicyclic) bond motifs is 1. The van der Waals surface area contributed by atoms with Crippen molar-refractivity contribution in [3.63, 3.8) is 0 Å². The molecule has 1 saturated carbocycles. The first-order valence-corrected chi connectivity index (χ1v) is 12.5. The monoisotopic (exact) mass is 540 g/mol. The molecule has 0 saturated heterocycles. The Bertz CT molecular complexity index is 1530. The van der Waals surface area contributed by atoms with E-state index in [1.54, 1.807) is 13.0 Å². The van der Waals surface area contributed by atoms with Gasteiger partial charge in [0.25, 0.3) is 6.43 Å². The lowest BCUT2D eigenvalue weighted by Crippen LogP contribution is -2.26. The smallest absolute Gasteiger partial charge is 0.263 e. The molecule has 9 nitrogen and oxygen atoms in total. The molecule has 38 heavy (non-hydrogen) atoms. The lowest BCUT2D eigenvalue weighted by molar-refractivity contribution is 0.0593. The van der Waals surface area contributed by atoms with E-state index in [1.165, 1.54) is 23.5 Å². The van der Waals surface area contributed by atoms with E-state index in [0.717, 1.165) is 0 Å².